The molecule has 1 heterocycles. The third kappa shape index (κ3) is 3.08. The van der Waals surface area contributed by atoms with Crippen molar-refractivity contribution in [2.24, 2.45) is 11.8 Å². The van der Waals surface area contributed by atoms with Gasteiger partial charge in [0.05, 0.1) is 12.7 Å². The summed E-state index contributed by atoms with van der Waals surface area (Å²) in [7, 11) is 1.72. The van der Waals surface area contributed by atoms with Crippen LogP contribution >= 0.6 is 0 Å². The van der Waals surface area contributed by atoms with Gasteiger partial charge in [-0.3, -0.25) is 9.69 Å². The van der Waals surface area contributed by atoms with E-state index < -0.39 is 5.60 Å². The molecule has 3 aliphatic carbocycles. The number of hydrogen-bond acceptors (Lipinski definition) is 4. The maximum Gasteiger partial charge on any atom is 0.222 e. The zero-order chi connectivity index (χ0) is 21.1. The Kier molecular flexibility index (Phi) is 4.90. The van der Waals surface area contributed by atoms with E-state index in [0.717, 1.165) is 50.4 Å². The average molecular weight is 413 g/mol. The van der Waals surface area contributed by atoms with E-state index in [9.17, 15) is 9.90 Å². The Morgan fingerprint density at radius 3 is 2.80 bits per heavy atom. The molecule has 0 aromatic heterocycles. The number of aliphatic hydroxyl groups is 1. The summed E-state index contributed by atoms with van der Waals surface area (Å²) in [4.78, 5) is 15.0. The number of piperidine rings is 1. The highest BCUT2D eigenvalue weighted by Crippen LogP contribution is 2.58. The van der Waals surface area contributed by atoms with Crippen molar-refractivity contribution in [2.45, 2.75) is 81.9 Å². The van der Waals surface area contributed by atoms with Crippen LogP contribution in [-0.4, -0.2) is 53.8 Å². The van der Waals surface area contributed by atoms with E-state index in [4.69, 9.17) is 4.74 Å². The lowest BCUT2D eigenvalue weighted by Gasteiger charge is -2.65. The molecule has 5 nitrogen and oxygen atoms in total. The number of rotatable bonds is 5. The van der Waals surface area contributed by atoms with E-state index in [1.165, 1.54) is 24.0 Å². The van der Waals surface area contributed by atoms with Crippen molar-refractivity contribution >= 4 is 5.91 Å². The predicted octanol–water partition coefficient (Wildman–Crippen LogP) is 3.03. The monoisotopic (exact) mass is 412 g/mol. The molecular weight excluding hydrogens is 376 g/mol. The van der Waals surface area contributed by atoms with Crippen LogP contribution in [-0.2, 0) is 16.6 Å². The van der Waals surface area contributed by atoms with Crippen LogP contribution in [0.4, 0.5) is 0 Å². The first kappa shape index (κ1) is 20.3. The number of ether oxygens (including phenoxy) is 1. The van der Waals surface area contributed by atoms with Gasteiger partial charge in [0.2, 0.25) is 5.91 Å². The molecule has 3 fully saturated rings. The second-order valence-corrected chi connectivity index (χ2v) is 10.5. The Bertz CT molecular complexity index is 836. The van der Waals surface area contributed by atoms with Gasteiger partial charge in [0, 0.05) is 30.0 Å². The molecular formula is C25H36N2O3. The number of likely N-dealkylation sites (tertiary alicyclic amines) is 1. The third-order valence-electron chi connectivity index (χ3n) is 8.43. The number of methoxy groups -OCH3 is 1. The lowest BCUT2D eigenvalue weighted by molar-refractivity contribution is -0.172. The van der Waals surface area contributed by atoms with Crippen LogP contribution in [0.1, 0.15) is 63.5 Å². The molecule has 4 aliphatic rings. The molecule has 4 atom stereocenters. The maximum absolute atomic E-state index is 12.5. The lowest BCUT2D eigenvalue weighted by Crippen LogP contribution is -2.74. The van der Waals surface area contributed by atoms with Crippen LogP contribution in [0.25, 0.3) is 0 Å². The number of nitrogens with one attached hydrogen (secondary N) is 1. The third-order valence-corrected chi connectivity index (χ3v) is 8.43. The molecule has 1 aromatic rings. The van der Waals surface area contributed by atoms with Crippen molar-refractivity contribution < 1.29 is 14.6 Å². The Labute approximate surface area is 180 Å². The van der Waals surface area contributed by atoms with Crippen molar-refractivity contribution in [3.05, 3.63) is 29.3 Å². The second-order valence-electron chi connectivity index (χ2n) is 10.5. The minimum absolute atomic E-state index is 0.0299. The molecule has 2 bridgehead atoms. The molecule has 1 amide bonds. The molecule has 2 N–H and O–H groups in total. The molecule has 0 spiro atoms. The molecule has 1 aromatic carbocycles. The summed E-state index contributed by atoms with van der Waals surface area (Å²) in [6, 6.07) is 6.64. The Hall–Kier alpha value is -1.59. The van der Waals surface area contributed by atoms with Crippen LogP contribution < -0.4 is 10.1 Å². The number of benzene rings is 1. The minimum atomic E-state index is -0.813. The summed E-state index contributed by atoms with van der Waals surface area (Å²) >= 11 is 0. The Morgan fingerprint density at radius 1 is 1.30 bits per heavy atom. The highest BCUT2D eigenvalue weighted by Gasteiger charge is 2.64. The van der Waals surface area contributed by atoms with Crippen molar-refractivity contribution in [3.8, 4) is 5.75 Å². The Morgan fingerprint density at radius 2 is 2.10 bits per heavy atom. The van der Waals surface area contributed by atoms with E-state index in [2.05, 4.69) is 28.4 Å². The standard InChI is InChI=1S/C25H36N2O3/c1-16(2)23(28)26-19-8-9-24-10-11-27(15-17-4-5-17)22(25(24,29)14-19)12-18-6-7-20(30-3)13-21(18)24/h6-7,13,16-17,19,22,29H,4-5,8-12,14-15H2,1-3H3,(H,26,28)/t19-,22+,24?,25+/m0/s1. The lowest BCUT2D eigenvalue weighted by atomic mass is 9.49. The summed E-state index contributed by atoms with van der Waals surface area (Å²) in [5, 5.41) is 15.7. The number of carbonyl (C=O) groups excluding carboxylic acids is 1. The second kappa shape index (κ2) is 7.23. The summed E-state index contributed by atoms with van der Waals surface area (Å²) in [6.07, 6.45) is 7.01. The van der Waals surface area contributed by atoms with Crippen molar-refractivity contribution in [2.75, 3.05) is 20.2 Å². The molecule has 1 saturated heterocycles. The summed E-state index contributed by atoms with van der Waals surface area (Å²) < 4.78 is 5.56. The normalized spacial score (nSPS) is 35.5. The van der Waals surface area contributed by atoms with Gasteiger partial charge in [-0.1, -0.05) is 19.9 Å². The van der Waals surface area contributed by atoms with Gasteiger partial charge in [0.15, 0.2) is 0 Å². The molecule has 2 saturated carbocycles. The fraction of sp³-hybridized carbons (Fsp3) is 0.720. The molecule has 1 unspecified atom stereocenters. The van der Waals surface area contributed by atoms with Gasteiger partial charge in [-0.05, 0) is 80.7 Å². The van der Waals surface area contributed by atoms with Gasteiger partial charge in [-0.2, -0.15) is 0 Å². The van der Waals surface area contributed by atoms with Crippen molar-refractivity contribution in [3.63, 3.8) is 0 Å². The van der Waals surface area contributed by atoms with Crippen LogP contribution in [0.15, 0.2) is 18.2 Å². The van der Waals surface area contributed by atoms with E-state index in [1.54, 1.807) is 7.11 Å². The molecule has 164 valence electrons. The van der Waals surface area contributed by atoms with Gasteiger partial charge >= 0.3 is 0 Å². The van der Waals surface area contributed by atoms with Gasteiger partial charge in [-0.15, -0.1) is 0 Å². The highest BCUT2D eigenvalue weighted by atomic mass is 16.5. The number of carbonyl (C=O) groups is 1. The molecule has 30 heavy (non-hydrogen) atoms. The van der Waals surface area contributed by atoms with Crippen LogP contribution in [0, 0.1) is 11.8 Å². The van der Waals surface area contributed by atoms with E-state index in [-0.39, 0.29) is 29.3 Å². The van der Waals surface area contributed by atoms with Crippen molar-refractivity contribution in [1.82, 2.24) is 10.2 Å². The number of fused-ring (bicyclic) bond motifs is 1. The van der Waals surface area contributed by atoms with E-state index in [0.29, 0.717) is 6.42 Å². The van der Waals surface area contributed by atoms with Crippen LogP contribution in [0.3, 0.4) is 0 Å². The van der Waals surface area contributed by atoms with Gasteiger partial charge in [-0.25, -0.2) is 0 Å². The zero-order valence-electron chi connectivity index (χ0n) is 18.6. The van der Waals surface area contributed by atoms with Gasteiger partial charge in [0.25, 0.3) is 0 Å². The molecule has 0 radical (unpaired) electrons. The molecule has 1 aliphatic heterocycles. The Balaban J connectivity index is 1.53. The molecule has 5 heteroatoms. The fourth-order valence-electron chi connectivity index (χ4n) is 6.56. The first-order valence-electron chi connectivity index (χ1n) is 11.8. The number of amides is 1. The average Bonchev–Trinajstić information content (AvgIpc) is 3.53. The number of hydrogen-bond donors (Lipinski definition) is 2. The first-order valence-corrected chi connectivity index (χ1v) is 11.8. The minimum Gasteiger partial charge on any atom is -0.497 e. The van der Waals surface area contributed by atoms with Crippen LogP contribution in [0.2, 0.25) is 0 Å². The van der Waals surface area contributed by atoms with Gasteiger partial charge < -0.3 is 15.2 Å². The number of nitrogens with zero attached hydrogens (tertiary/aromatic N) is 1. The SMILES string of the molecule is COc1ccc2c(c1)C13CC[C@H](NC(=O)C(C)C)C[C@@]1(O)[C@@H](C2)N(CC1CC1)CC3. The highest BCUT2D eigenvalue weighted by molar-refractivity contribution is 5.78. The quantitative estimate of drug-likeness (QED) is 0.780. The smallest absolute Gasteiger partial charge is 0.222 e. The van der Waals surface area contributed by atoms with Crippen LogP contribution in [0.5, 0.6) is 5.75 Å². The summed E-state index contributed by atoms with van der Waals surface area (Å²) in [5.74, 6) is 1.74. The summed E-state index contributed by atoms with van der Waals surface area (Å²) in [5.41, 5.74) is 1.61. The van der Waals surface area contributed by atoms with E-state index >= 15 is 0 Å². The summed E-state index contributed by atoms with van der Waals surface area (Å²) in [6.45, 7) is 6.04. The predicted molar refractivity (Wildman–Crippen MR) is 117 cm³/mol. The largest absolute Gasteiger partial charge is 0.497 e. The first-order chi connectivity index (χ1) is 14.4. The van der Waals surface area contributed by atoms with E-state index in [1.807, 2.05) is 13.8 Å². The van der Waals surface area contributed by atoms with Crippen molar-refractivity contribution in [1.29, 1.82) is 0 Å². The zero-order valence-corrected chi connectivity index (χ0v) is 18.6. The topological polar surface area (TPSA) is 61.8 Å². The maximum atomic E-state index is 12.5. The molecule has 5 rings (SSSR count). The van der Waals surface area contributed by atoms with Gasteiger partial charge in [0.1, 0.15) is 5.75 Å². The fourth-order valence-corrected chi connectivity index (χ4v) is 6.56.